The van der Waals surface area contributed by atoms with Crippen molar-refractivity contribution in [2.45, 2.75) is 143 Å². The molecule has 0 spiro atoms. The number of hydrogen-bond acceptors (Lipinski definition) is 6. The van der Waals surface area contributed by atoms with E-state index in [1.165, 1.54) is 0 Å². The second-order valence-electron chi connectivity index (χ2n) is 14.1. The number of nitriles is 1. The first-order valence-corrected chi connectivity index (χ1v) is 17.6. The maximum absolute atomic E-state index is 13.9. The first-order valence-electron chi connectivity index (χ1n) is 17.6. The zero-order valence-electron chi connectivity index (χ0n) is 28.5. The third kappa shape index (κ3) is 12.3. The Hall–Kier alpha value is -2.17. The van der Waals surface area contributed by atoms with Crippen LogP contribution in [-0.4, -0.2) is 58.4 Å². The summed E-state index contributed by atoms with van der Waals surface area (Å²) in [5, 5.41) is 31.7. The molecule has 1 saturated carbocycles. The van der Waals surface area contributed by atoms with Crippen molar-refractivity contribution in [2.75, 3.05) is 13.1 Å². The van der Waals surface area contributed by atoms with E-state index < -0.39 is 24.3 Å². The number of carbonyl (C=O) groups excluding carboxylic acids is 2. The Morgan fingerprint density at radius 3 is 2.30 bits per heavy atom. The summed E-state index contributed by atoms with van der Waals surface area (Å²) in [5.74, 6) is 0.0256. The molecule has 0 unspecified atom stereocenters. The number of aliphatic hydroxyl groups is 2. The zero-order valence-corrected chi connectivity index (χ0v) is 28.5. The Labute approximate surface area is 268 Å². The van der Waals surface area contributed by atoms with Crippen LogP contribution >= 0.6 is 0 Å². The lowest BCUT2D eigenvalue weighted by Crippen LogP contribution is -2.42. The second-order valence-corrected chi connectivity index (χ2v) is 14.1. The average Bonchev–Trinajstić information content (AvgIpc) is 3.47. The van der Waals surface area contributed by atoms with Crippen molar-refractivity contribution in [3.05, 3.63) is 23.8 Å². The van der Waals surface area contributed by atoms with Crippen molar-refractivity contribution >= 4 is 11.9 Å². The van der Waals surface area contributed by atoms with E-state index in [-0.39, 0.29) is 36.0 Å². The van der Waals surface area contributed by atoms with Crippen LogP contribution in [0.25, 0.3) is 0 Å². The van der Waals surface area contributed by atoms with Gasteiger partial charge in [0.1, 0.15) is 6.10 Å². The molecule has 250 valence electrons. The topological polar surface area (TPSA) is 111 Å². The van der Waals surface area contributed by atoms with Crippen LogP contribution in [0.2, 0.25) is 0 Å². The van der Waals surface area contributed by atoms with Crippen molar-refractivity contribution in [3.63, 3.8) is 0 Å². The number of nitrogens with zero attached hydrogens (tertiary/aromatic N) is 2. The van der Waals surface area contributed by atoms with E-state index in [1.807, 2.05) is 24.8 Å². The van der Waals surface area contributed by atoms with E-state index in [0.717, 1.165) is 83.7 Å². The largest absolute Gasteiger partial charge is 0.462 e. The summed E-state index contributed by atoms with van der Waals surface area (Å²) in [6, 6.07) is 2.18. The molecule has 0 aromatic rings. The van der Waals surface area contributed by atoms with Gasteiger partial charge in [0.25, 0.3) is 0 Å². The standard InChI is InChI=1S/C37H62N2O5/c1-7-9-13-20-39(19-10-8-2)37(43)32-17-14-16-31(32)34-18-12-11-15-30(25-38)36(42)29(6)23-27(4)21-26(3)22-28(5)33(40)24-35(41)44-34/h11-12,15,26-29,31-34,36,40,42H,7-10,13-14,16-24H2,1-6H3/b12-11+,30-15-/t26-,27+,28-,29-,31+,32+,33-,34-,36+/m0/s1. The molecule has 9 atom stereocenters. The maximum Gasteiger partial charge on any atom is 0.308 e. The van der Waals surface area contributed by atoms with E-state index in [2.05, 4.69) is 33.8 Å². The number of rotatable bonds is 9. The molecule has 0 aromatic carbocycles. The predicted octanol–water partition coefficient (Wildman–Crippen LogP) is 7.37. The molecule has 2 aliphatic rings. The van der Waals surface area contributed by atoms with Gasteiger partial charge in [-0.1, -0.05) is 79.4 Å². The Morgan fingerprint density at radius 2 is 1.64 bits per heavy atom. The summed E-state index contributed by atoms with van der Waals surface area (Å²) in [6.45, 7) is 14.2. The van der Waals surface area contributed by atoms with Gasteiger partial charge in [0.2, 0.25) is 5.91 Å². The smallest absolute Gasteiger partial charge is 0.308 e. The van der Waals surface area contributed by atoms with Gasteiger partial charge in [-0.05, 0) is 74.7 Å². The summed E-state index contributed by atoms with van der Waals surface area (Å²) >= 11 is 0. The number of carbonyl (C=O) groups is 2. The maximum atomic E-state index is 13.9. The highest BCUT2D eigenvalue weighted by Crippen LogP contribution is 2.38. The molecule has 0 saturated heterocycles. The molecule has 1 heterocycles. The van der Waals surface area contributed by atoms with E-state index in [1.54, 1.807) is 12.2 Å². The third-order valence-corrected chi connectivity index (χ3v) is 9.92. The minimum absolute atomic E-state index is 0.0592. The van der Waals surface area contributed by atoms with Crippen molar-refractivity contribution in [1.82, 2.24) is 4.90 Å². The van der Waals surface area contributed by atoms with E-state index in [4.69, 9.17) is 4.74 Å². The van der Waals surface area contributed by atoms with Crippen molar-refractivity contribution < 1.29 is 24.5 Å². The summed E-state index contributed by atoms with van der Waals surface area (Å²) in [7, 11) is 0. The lowest BCUT2D eigenvalue weighted by atomic mass is 9.82. The zero-order chi connectivity index (χ0) is 32.6. The number of hydrogen-bond donors (Lipinski definition) is 2. The van der Waals surface area contributed by atoms with Crippen LogP contribution in [0.15, 0.2) is 23.8 Å². The van der Waals surface area contributed by atoms with Crippen LogP contribution in [-0.2, 0) is 14.3 Å². The van der Waals surface area contributed by atoms with Gasteiger partial charge in [-0.25, -0.2) is 0 Å². The molecule has 1 aliphatic carbocycles. The van der Waals surface area contributed by atoms with Crippen LogP contribution in [0.5, 0.6) is 0 Å². The average molecular weight is 615 g/mol. The summed E-state index contributed by atoms with van der Waals surface area (Å²) in [4.78, 5) is 29.2. The van der Waals surface area contributed by atoms with Gasteiger partial charge in [-0.3, -0.25) is 9.59 Å². The molecule has 2 N–H and O–H groups in total. The Kier molecular flexibility index (Phi) is 17.3. The van der Waals surface area contributed by atoms with Gasteiger partial charge in [0.05, 0.1) is 30.3 Å². The molecular formula is C37H62N2O5. The molecule has 0 aromatic heterocycles. The van der Waals surface area contributed by atoms with Gasteiger partial charge in [-0.2, -0.15) is 5.26 Å². The van der Waals surface area contributed by atoms with Crippen LogP contribution in [0.1, 0.15) is 125 Å². The van der Waals surface area contributed by atoms with Gasteiger partial charge in [-0.15, -0.1) is 0 Å². The summed E-state index contributed by atoms with van der Waals surface area (Å²) in [5.41, 5.74) is 0.327. The minimum atomic E-state index is -0.852. The van der Waals surface area contributed by atoms with E-state index >= 15 is 0 Å². The number of amides is 1. The first-order chi connectivity index (χ1) is 21.0. The van der Waals surface area contributed by atoms with Gasteiger partial charge < -0.3 is 19.8 Å². The molecule has 1 amide bonds. The second kappa shape index (κ2) is 20.1. The monoisotopic (exact) mass is 614 g/mol. The molecule has 1 fully saturated rings. The molecule has 44 heavy (non-hydrogen) atoms. The molecule has 1 aliphatic heterocycles. The van der Waals surface area contributed by atoms with Gasteiger partial charge in [0, 0.05) is 31.3 Å². The number of ether oxygens (including phenoxy) is 1. The molecular weight excluding hydrogens is 552 g/mol. The highest BCUT2D eigenvalue weighted by molar-refractivity contribution is 5.79. The number of unbranched alkanes of at least 4 members (excludes halogenated alkanes) is 3. The molecule has 7 nitrogen and oxygen atoms in total. The number of esters is 1. The Morgan fingerprint density at radius 1 is 0.977 bits per heavy atom. The van der Waals surface area contributed by atoms with Crippen molar-refractivity contribution in [2.24, 2.45) is 35.5 Å². The number of aliphatic hydroxyl groups excluding tert-OH is 2. The SMILES string of the molecule is CCCCCN(CCCC)C(=O)[C@@H]1CCC[C@H]1[C@@H]1C/C=C/C=C(/C#N)[C@H](O)[C@@H](C)C[C@H](C)C[C@H](C)C[C@H](C)[C@@H](O)CC(=O)O1. The quantitative estimate of drug-likeness (QED) is 0.207. The number of allylic oxidation sites excluding steroid dienone is 2. The highest BCUT2D eigenvalue weighted by atomic mass is 16.5. The number of cyclic esters (lactones) is 1. The predicted molar refractivity (Wildman–Crippen MR) is 176 cm³/mol. The highest BCUT2D eigenvalue weighted by Gasteiger charge is 2.41. The Balaban J connectivity index is 2.35. The lowest BCUT2D eigenvalue weighted by Gasteiger charge is -2.32. The molecule has 0 bridgehead atoms. The van der Waals surface area contributed by atoms with Crippen LogP contribution in [0.4, 0.5) is 0 Å². The van der Waals surface area contributed by atoms with Crippen molar-refractivity contribution in [1.29, 1.82) is 5.26 Å². The van der Waals surface area contributed by atoms with Crippen LogP contribution in [0, 0.1) is 46.8 Å². The molecule has 2 rings (SSSR count). The van der Waals surface area contributed by atoms with E-state index in [9.17, 15) is 25.1 Å². The van der Waals surface area contributed by atoms with Crippen molar-refractivity contribution in [3.8, 4) is 6.07 Å². The molecule has 7 heteroatoms. The first kappa shape index (κ1) is 38.0. The summed E-state index contributed by atoms with van der Waals surface area (Å²) in [6.07, 6.45) is 13.8. The normalized spacial score (nSPS) is 34.9. The van der Waals surface area contributed by atoms with Crippen LogP contribution in [0.3, 0.4) is 0 Å². The fraction of sp³-hybridized carbons (Fsp3) is 0.811. The van der Waals surface area contributed by atoms with Crippen LogP contribution < -0.4 is 0 Å². The van der Waals surface area contributed by atoms with Gasteiger partial charge in [0.15, 0.2) is 0 Å². The Bertz CT molecular complexity index is 971. The third-order valence-electron chi connectivity index (χ3n) is 9.92. The fourth-order valence-corrected chi connectivity index (χ4v) is 7.44. The summed E-state index contributed by atoms with van der Waals surface area (Å²) < 4.78 is 6.12. The lowest BCUT2D eigenvalue weighted by molar-refractivity contribution is -0.158. The minimum Gasteiger partial charge on any atom is -0.462 e. The van der Waals surface area contributed by atoms with E-state index in [0.29, 0.717) is 23.8 Å². The fourth-order valence-electron chi connectivity index (χ4n) is 7.44. The molecule has 0 radical (unpaired) electrons. The van der Waals surface area contributed by atoms with Gasteiger partial charge >= 0.3 is 5.97 Å².